The van der Waals surface area contributed by atoms with Crippen LogP contribution in [-0.4, -0.2) is 17.1 Å². The molecule has 0 atom stereocenters. The molecule has 0 saturated heterocycles. The number of benzene rings is 1. The number of aromatic carboxylic acids is 1. The van der Waals surface area contributed by atoms with E-state index in [9.17, 15) is 9.90 Å². The van der Waals surface area contributed by atoms with Crippen LogP contribution in [-0.2, 0) is 0 Å². The van der Waals surface area contributed by atoms with Crippen LogP contribution >= 0.6 is 0 Å². The van der Waals surface area contributed by atoms with Crippen LogP contribution in [0.4, 0.5) is 11.4 Å². The Hall–Kier alpha value is -1.71. The van der Waals surface area contributed by atoms with E-state index in [0.29, 0.717) is 23.0 Å². The quantitative estimate of drug-likeness (QED) is 0.727. The normalized spacial score (nSPS) is 23.0. The summed E-state index contributed by atoms with van der Waals surface area (Å²) in [6, 6.07) is 5.28. The smallest absolute Gasteiger partial charge is 0.337 e. The molecule has 1 aliphatic carbocycles. The van der Waals surface area contributed by atoms with Crippen LogP contribution in [0.2, 0.25) is 0 Å². The monoisotopic (exact) mass is 262 g/mol. The summed E-state index contributed by atoms with van der Waals surface area (Å²) in [6.07, 6.45) is 5.89. The highest BCUT2D eigenvalue weighted by Gasteiger charge is 2.21. The van der Waals surface area contributed by atoms with Gasteiger partial charge in [0.1, 0.15) is 0 Å². The van der Waals surface area contributed by atoms with Gasteiger partial charge in [-0.1, -0.05) is 13.3 Å². The van der Waals surface area contributed by atoms with Gasteiger partial charge in [0.25, 0.3) is 0 Å². The fourth-order valence-corrected chi connectivity index (χ4v) is 2.80. The van der Waals surface area contributed by atoms with Crippen molar-refractivity contribution < 1.29 is 9.90 Å². The van der Waals surface area contributed by atoms with Crippen LogP contribution in [0.5, 0.6) is 0 Å². The Morgan fingerprint density at radius 3 is 2.63 bits per heavy atom. The molecule has 0 aromatic heterocycles. The summed E-state index contributed by atoms with van der Waals surface area (Å²) in [7, 11) is 0. The molecule has 104 valence electrons. The molecule has 19 heavy (non-hydrogen) atoms. The molecule has 2 rings (SSSR count). The maximum Gasteiger partial charge on any atom is 0.337 e. The summed E-state index contributed by atoms with van der Waals surface area (Å²) >= 11 is 0. The second-order valence-electron chi connectivity index (χ2n) is 5.38. The Bertz CT molecular complexity index is 451. The highest BCUT2D eigenvalue weighted by molar-refractivity contribution is 5.95. The van der Waals surface area contributed by atoms with Crippen LogP contribution in [0.15, 0.2) is 18.2 Å². The largest absolute Gasteiger partial charge is 0.478 e. The second-order valence-corrected chi connectivity index (χ2v) is 5.38. The number of nitrogens with two attached hydrogens (primary N) is 1. The lowest BCUT2D eigenvalue weighted by atomic mass is 9.84. The summed E-state index contributed by atoms with van der Waals surface area (Å²) in [5.41, 5.74) is 7.28. The lowest BCUT2D eigenvalue weighted by Gasteiger charge is -2.29. The van der Waals surface area contributed by atoms with Crippen molar-refractivity contribution in [3.8, 4) is 0 Å². The predicted octanol–water partition coefficient (Wildman–Crippen LogP) is 3.35. The molecular weight excluding hydrogens is 240 g/mol. The predicted molar refractivity (Wildman–Crippen MR) is 77.5 cm³/mol. The number of carboxylic acids is 1. The third-order valence-corrected chi connectivity index (χ3v) is 4.06. The van der Waals surface area contributed by atoms with Gasteiger partial charge in [-0.2, -0.15) is 0 Å². The molecule has 0 spiro atoms. The van der Waals surface area contributed by atoms with Crippen molar-refractivity contribution >= 4 is 17.3 Å². The molecule has 0 aliphatic heterocycles. The van der Waals surface area contributed by atoms with Crippen molar-refractivity contribution in [1.29, 1.82) is 0 Å². The Balaban J connectivity index is 2.06. The van der Waals surface area contributed by atoms with Crippen molar-refractivity contribution in [3.05, 3.63) is 23.8 Å². The van der Waals surface area contributed by atoms with Gasteiger partial charge < -0.3 is 16.2 Å². The lowest BCUT2D eigenvalue weighted by Crippen LogP contribution is -2.26. The highest BCUT2D eigenvalue weighted by atomic mass is 16.4. The van der Waals surface area contributed by atoms with Gasteiger partial charge in [-0.05, 0) is 49.8 Å². The minimum Gasteiger partial charge on any atom is -0.478 e. The first kappa shape index (κ1) is 13.7. The minimum absolute atomic E-state index is 0.298. The molecule has 1 fully saturated rings. The van der Waals surface area contributed by atoms with E-state index in [2.05, 4.69) is 12.2 Å². The Morgan fingerprint density at radius 1 is 1.37 bits per heavy atom. The summed E-state index contributed by atoms with van der Waals surface area (Å²) in [6.45, 7) is 2.23. The zero-order valence-corrected chi connectivity index (χ0v) is 11.4. The highest BCUT2D eigenvalue weighted by Crippen LogP contribution is 2.30. The summed E-state index contributed by atoms with van der Waals surface area (Å²) < 4.78 is 0. The molecule has 1 aromatic rings. The number of hydrogen-bond donors (Lipinski definition) is 3. The fourth-order valence-electron chi connectivity index (χ4n) is 2.80. The van der Waals surface area contributed by atoms with Crippen molar-refractivity contribution in [1.82, 2.24) is 0 Å². The molecule has 4 N–H and O–H groups in total. The van der Waals surface area contributed by atoms with Crippen LogP contribution < -0.4 is 11.1 Å². The number of anilines is 2. The molecular formula is C15H22N2O2. The molecule has 1 aromatic carbocycles. The topological polar surface area (TPSA) is 75.3 Å². The van der Waals surface area contributed by atoms with Gasteiger partial charge in [0.05, 0.1) is 11.3 Å². The minimum atomic E-state index is -0.912. The standard InChI is InChI=1S/C15H22N2O2/c1-2-10-3-6-12(7-4-10)17-14-9-11(16)5-8-13(14)15(18)19/h5,8-10,12,17H,2-4,6-7,16H2,1H3,(H,18,19). The van der Waals surface area contributed by atoms with E-state index >= 15 is 0 Å². The van der Waals surface area contributed by atoms with Gasteiger partial charge in [0.15, 0.2) is 0 Å². The third-order valence-electron chi connectivity index (χ3n) is 4.06. The average Bonchev–Trinajstić information content (AvgIpc) is 2.39. The average molecular weight is 262 g/mol. The van der Waals surface area contributed by atoms with E-state index in [-0.39, 0.29) is 0 Å². The first-order chi connectivity index (χ1) is 9.10. The maximum atomic E-state index is 11.2. The van der Waals surface area contributed by atoms with E-state index in [1.165, 1.54) is 19.3 Å². The van der Waals surface area contributed by atoms with Gasteiger partial charge in [-0.25, -0.2) is 4.79 Å². The van der Waals surface area contributed by atoms with Gasteiger partial charge in [-0.3, -0.25) is 0 Å². The van der Waals surface area contributed by atoms with Crippen LogP contribution in [0.1, 0.15) is 49.4 Å². The number of rotatable bonds is 4. The second kappa shape index (κ2) is 5.95. The number of carbonyl (C=O) groups is 1. The first-order valence-corrected chi connectivity index (χ1v) is 6.99. The van der Waals surface area contributed by atoms with E-state index in [0.717, 1.165) is 18.8 Å². The molecule has 0 bridgehead atoms. The third kappa shape index (κ3) is 3.40. The van der Waals surface area contributed by atoms with E-state index in [1.54, 1.807) is 18.2 Å². The zero-order valence-electron chi connectivity index (χ0n) is 11.4. The zero-order chi connectivity index (χ0) is 13.8. The van der Waals surface area contributed by atoms with E-state index < -0.39 is 5.97 Å². The summed E-state index contributed by atoms with van der Waals surface area (Å²) in [4.78, 5) is 11.2. The number of nitrogen functional groups attached to an aromatic ring is 1. The van der Waals surface area contributed by atoms with Gasteiger partial charge in [-0.15, -0.1) is 0 Å². The van der Waals surface area contributed by atoms with Crippen molar-refractivity contribution in [2.75, 3.05) is 11.1 Å². The molecule has 1 saturated carbocycles. The summed E-state index contributed by atoms with van der Waals surface area (Å²) in [5.74, 6) is -0.0809. The number of nitrogens with one attached hydrogen (secondary N) is 1. The molecule has 4 nitrogen and oxygen atoms in total. The van der Waals surface area contributed by atoms with Gasteiger partial charge in [0.2, 0.25) is 0 Å². The van der Waals surface area contributed by atoms with Crippen molar-refractivity contribution in [3.63, 3.8) is 0 Å². The summed E-state index contributed by atoms with van der Waals surface area (Å²) in [5, 5.41) is 12.5. The molecule has 0 amide bonds. The Morgan fingerprint density at radius 2 is 2.05 bits per heavy atom. The molecule has 0 unspecified atom stereocenters. The van der Waals surface area contributed by atoms with Crippen molar-refractivity contribution in [2.45, 2.75) is 45.1 Å². The Kier molecular flexibility index (Phi) is 4.30. The Labute approximate surface area is 114 Å². The fraction of sp³-hybridized carbons (Fsp3) is 0.533. The molecule has 4 heteroatoms. The van der Waals surface area contributed by atoms with Crippen LogP contribution in [0.3, 0.4) is 0 Å². The van der Waals surface area contributed by atoms with Crippen LogP contribution in [0, 0.1) is 5.92 Å². The van der Waals surface area contributed by atoms with Gasteiger partial charge >= 0.3 is 5.97 Å². The van der Waals surface area contributed by atoms with E-state index in [4.69, 9.17) is 5.73 Å². The van der Waals surface area contributed by atoms with Crippen LogP contribution in [0.25, 0.3) is 0 Å². The molecule has 1 aliphatic rings. The lowest BCUT2D eigenvalue weighted by molar-refractivity contribution is 0.0698. The molecule has 0 radical (unpaired) electrons. The molecule has 0 heterocycles. The maximum absolute atomic E-state index is 11.2. The SMILES string of the molecule is CCC1CCC(Nc2cc(N)ccc2C(=O)O)CC1. The number of carboxylic acid groups (broad SMARTS) is 1. The first-order valence-electron chi connectivity index (χ1n) is 6.99. The number of hydrogen-bond acceptors (Lipinski definition) is 3. The van der Waals surface area contributed by atoms with Gasteiger partial charge in [0, 0.05) is 11.7 Å². The van der Waals surface area contributed by atoms with Crippen molar-refractivity contribution in [2.24, 2.45) is 5.92 Å². The van der Waals surface area contributed by atoms with E-state index in [1.807, 2.05) is 0 Å².